The van der Waals surface area contributed by atoms with Gasteiger partial charge in [0.05, 0.1) is 5.69 Å². The summed E-state index contributed by atoms with van der Waals surface area (Å²) in [5.41, 5.74) is -0.00143. The number of rotatable bonds is 3. The van der Waals surface area contributed by atoms with Gasteiger partial charge in [0.1, 0.15) is 0 Å². The van der Waals surface area contributed by atoms with E-state index in [0.29, 0.717) is 10.6 Å². The van der Waals surface area contributed by atoms with Gasteiger partial charge in [-0.2, -0.15) is 0 Å². The van der Waals surface area contributed by atoms with Crippen molar-refractivity contribution in [1.29, 1.82) is 0 Å². The molecule has 0 fully saturated rings. The summed E-state index contributed by atoms with van der Waals surface area (Å²) in [6.45, 7) is 3.36. The Labute approximate surface area is 131 Å². The molecule has 0 aliphatic heterocycles. The number of hydrogen-bond acceptors (Lipinski definition) is 5. The number of benzene rings is 1. The van der Waals surface area contributed by atoms with Crippen LogP contribution in [0.3, 0.4) is 0 Å². The Bertz CT molecular complexity index is 1000. The number of nitrogens with one attached hydrogen (secondary N) is 1. The monoisotopic (exact) mass is 335 g/mol. The number of para-hydroxylation sites is 1. The fourth-order valence-electron chi connectivity index (χ4n) is 2.16. The lowest BCUT2D eigenvalue weighted by Crippen LogP contribution is -2.27. The minimum atomic E-state index is -4.00. The third-order valence-electron chi connectivity index (χ3n) is 3.07. The number of aromatic nitrogens is 2. The minimum absolute atomic E-state index is 0.190. The molecule has 0 atom stereocenters. The van der Waals surface area contributed by atoms with Crippen molar-refractivity contribution in [2.45, 2.75) is 18.7 Å². The first-order chi connectivity index (χ1) is 10.4. The van der Waals surface area contributed by atoms with Crippen LogP contribution in [-0.4, -0.2) is 17.8 Å². The van der Waals surface area contributed by atoms with Gasteiger partial charge in [-0.3, -0.25) is 13.9 Å². The lowest BCUT2D eigenvalue weighted by Gasteiger charge is -2.09. The van der Waals surface area contributed by atoms with E-state index >= 15 is 0 Å². The first kappa shape index (κ1) is 14.7. The van der Waals surface area contributed by atoms with E-state index in [9.17, 15) is 13.2 Å². The fourth-order valence-corrected chi connectivity index (χ4v) is 4.33. The number of thiazole rings is 1. The van der Waals surface area contributed by atoms with Crippen molar-refractivity contribution in [3.8, 4) is 0 Å². The summed E-state index contributed by atoms with van der Waals surface area (Å²) in [7, 11) is -4.00. The van der Waals surface area contributed by atoms with Crippen LogP contribution in [0.2, 0.25) is 0 Å². The Hall–Kier alpha value is -2.19. The molecule has 0 radical (unpaired) electrons. The van der Waals surface area contributed by atoms with E-state index in [1.165, 1.54) is 22.7 Å². The quantitative estimate of drug-likeness (QED) is 0.795. The molecule has 1 aromatic carbocycles. The maximum atomic E-state index is 12.5. The Kier molecular flexibility index (Phi) is 3.50. The molecule has 2 heterocycles. The molecule has 0 aliphatic rings. The molecule has 0 spiro atoms. The fraction of sp³-hybridized carbons (Fsp3) is 0.143. The zero-order chi connectivity index (χ0) is 15.9. The summed E-state index contributed by atoms with van der Waals surface area (Å²) in [6, 6.07) is 8.43. The van der Waals surface area contributed by atoms with Crippen LogP contribution >= 0.6 is 11.3 Å². The molecular formula is C14H13N3O3S2. The van der Waals surface area contributed by atoms with Gasteiger partial charge < -0.3 is 0 Å². The second kappa shape index (κ2) is 5.22. The topological polar surface area (TPSA) is 80.5 Å². The second-order valence-electron chi connectivity index (χ2n) is 4.80. The summed E-state index contributed by atoms with van der Waals surface area (Å²) in [4.78, 5) is 17.8. The first-order valence-electron chi connectivity index (χ1n) is 6.46. The number of fused-ring (bicyclic) bond motifs is 1. The molecule has 6 nitrogen and oxygen atoms in total. The number of hydrogen-bond donors (Lipinski definition) is 1. The highest BCUT2D eigenvalue weighted by molar-refractivity contribution is 7.92. The molecule has 0 unspecified atom stereocenters. The van der Waals surface area contributed by atoms with Crippen LogP contribution < -0.4 is 10.3 Å². The van der Waals surface area contributed by atoms with Crippen LogP contribution in [0.5, 0.6) is 0 Å². The van der Waals surface area contributed by atoms with Crippen molar-refractivity contribution in [2.24, 2.45) is 0 Å². The highest BCUT2D eigenvalue weighted by Crippen LogP contribution is 2.19. The van der Waals surface area contributed by atoms with Gasteiger partial charge in [0.15, 0.2) is 9.86 Å². The zero-order valence-corrected chi connectivity index (χ0v) is 13.5. The summed E-state index contributed by atoms with van der Waals surface area (Å²) in [5, 5.41) is 0. The maximum Gasteiger partial charge on any atom is 0.279 e. The summed E-state index contributed by atoms with van der Waals surface area (Å²) in [6.07, 6.45) is 1.59. The van der Waals surface area contributed by atoms with Gasteiger partial charge in [0.2, 0.25) is 0 Å². The van der Waals surface area contributed by atoms with Crippen molar-refractivity contribution < 1.29 is 8.42 Å². The van der Waals surface area contributed by atoms with Gasteiger partial charge in [-0.1, -0.05) is 18.2 Å². The summed E-state index contributed by atoms with van der Waals surface area (Å²) in [5.74, 6) is 0. The molecule has 0 saturated heterocycles. The first-order valence-corrected chi connectivity index (χ1v) is 8.76. The van der Waals surface area contributed by atoms with Crippen molar-refractivity contribution in [3.63, 3.8) is 0 Å². The van der Waals surface area contributed by atoms with E-state index in [1.807, 2.05) is 6.92 Å². The molecule has 0 bridgehead atoms. The molecule has 0 aliphatic carbocycles. The van der Waals surface area contributed by atoms with Crippen LogP contribution in [-0.2, 0) is 10.0 Å². The van der Waals surface area contributed by atoms with Crippen LogP contribution in [0.25, 0.3) is 4.96 Å². The molecule has 3 aromatic rings. The normalized spacial score (nSPS) is 11.7. The Morgan fingerprint density at radius 1 is 1.18 bits per heavy atom. The number of anilines is 1. The lowest BCUT2D eigenvalue weighted by molar-refractivity contribution is 0.598. The summed E-state index contributed by atoms with van der Waals surface area (Å²) >= 11 is 1.34. The van der Waals surface area contributed by atoms with Crippen LogP contribution in [0.1, 0.15) is 10.6 Å². The van der Waals surface area contributed by atoms with E-state index in [4.69, 9.17) is 0 Å². The average Bonchev–Trinajstić information content (AvgIpc) is 2.79. The molecule has 114 valence electrons. The van der Waals surface area contributed by atoms with Gasteiger partial charge in [-0.25, -0.2) is 13.4 Å². The van der Waals surface area contributed by atoms with Crippen molar-refractivity contribution in [1.82, 2.24) is 9.38 Å². The smallest absolute Gasteiger partial charge is 0.279 e. The predicted octanol–water partition coefficient (Wildman–Crippen LogP) is 2.17. The largest absolute Gasteiger partial charge is 0.279 e. The van der Waals surface area contributed by atoms with Crippen molar-refractivity contribution >= 4 is 32.0 Å². The molecule has 1 N–H and O–H groups in total. The van der Waals surface area contributed by atoms with E-state index in [1.54, 1.807) is 36.5 Å². The third-order valence-corrected chi connectivity index (χ3v) is 5.48. The average molecular weight is 335 g/mol. The standard InChI is InChI=1S/C14H13N3O3S2/c1-9-8-17-13(18)12(10(2)15-14(17)21-9)22(19,20)16-11-6-4-3-5-7-11/h3-8,16H,1-2H3. The Morgan fingerprint density at radius 3 is 2.55 bits per heavy atom. The van der Waals surface area contributed by atoms with Gasteiger partial charge >= 0.3 is 0 Å². The SMILES string of the molecule is Cc1cn2c(=O)c(S(=O)(=O)Nc3ccccc3)c(C)nc2s1. The van der Waals surface area contributed by atoms with E-state index in [-0.39, 0.29) is 10.6 Å². The number of aryl methyl sites for hydroxylation is 2. The van der Waals surface area contributed by atoms with E-state index in [2.05, 4.69) is 9.71 Å². The van der Waals surface area contributed by atoms with Gasteiger partial charge in [0.25, 0.3) is 15.6 Å². The number of sulfonamides is 1. The van der Waals surface area contributed by atoms with Crippen LogP contribution in [0.4, 0.5) is 5.69 Å². The summed E-state index contributed by atoms with van der Waals surface area (Å²) < 4.78 is 28.7. The van der Waals surface area contributed by atoms with Crippen LogP contribution in [0, 0.1) is 13.8 Å². The highest BCUT2D eigenvalue weighted by atomic mass is 32.2. The van der Waals surface area contributed by atoms with Crippen LogP contribution in [0.15, 0.2) is 46.2 Å². The molecule has 8 heteroatoms. The second-order valence-corrected chi connectivity index (χ2v) is 7.63. The molecule has 3 rings (SSSR count). The zero-order valence-electron chi connectivity index (χ0n) is 11.9. The van der Waals surface area contributed by atoms with Gasteiger partial charge in [-0.05, 0) is 26.0 Å². The van der Waals surface area contributed by atoms with E-state index < -0.39 is 15.6 Å². The third kappa shape index (κ3) is 2.51. The molecule has 22 heavy (non-hydrogen) atoms. The maximum absolute atomic E-state index is 12.5. The molecule has 0 amide bonds. The molecule has 0 saturated carbocycles. The minimum Gasteiger partial charge on any atom is -0.279 e. The number of nitrogens with zero attached hydrogens (tertiary/aromatic N) is 2. The molecular weight excluding hydrogens is 322 g/mol. The van der Waals surface area contributed by atoms with Crippen molar-refractivity contribution in [2.75, 3.05) is 4.72 Å². The Balaban J connectivity index is 2.18. The lowest BCUT2D eigenvalue weighted by atomic mass is 10.3. The van der Waals surface area contributed by atoms with Crippen molar-refractivity contribution in [3.05, 3.63) is 57.5 Å². The van der Waals surface area contributed by atoms with Gasteiger partial charge in [0, 0.05) is 16.8 Å². The van der Waals surface area contributed by atoms with Gasteiger partial charge in [-0.15, -0.1) is 11.3 Å². The molecule has 2 aromatic heterocycles. The highest BCUT2D eigenvalue weighted by Gasteiger charge is 2.24. The van der Waals surface area contributed by atoms with E-state index in [0.717, 1.165) is 4.88 Å². The predicted molar refractivity (Wildman–Crippen MR) is 86.1 cm³/mol. The Morgan fingerprint density at radius 2 is 1.86 bits per heavy atom.